The zero-order chi connectivity index (χ0) is 29.5. The van der Waals surface area contributed by atoms with E-state index in [-0.39, 0.29) is 28.0 Å². The average molecular weight is 595 g/mol. The molecule has 1 aliphatic heterocycles. The maximum absolute atomic E-state index is 13.6. The number of rotatable bonds is 8. The summed E-state index contributed by atoms with van der Waals surface area (Å²) in [6, 6.07) is 6.93. The highest BCUT2D eigenvalue weighted by molar-refractivity contribution is 7.94. The van der Waals surface area contributed by atoms with Crippen LogP contribution in [0.15, 0.2) is 39.7 Å². The van der Waals surface area contributed by atoms with Crippen LogP contribution in [-0.4, -0.2) is 72.9 Å². The highest BCUT2D eigenvalue weighted by Gasteiger charge is 2.41. The van der Waals surface area contributed by atoms with E-state index < -0.39 is 10.0 Å². The van der Waals surface area contributed by atoms with Crippen molar-refractivity contribution in [2.24, 2.45) is 10.9 Å². The minimum atomic E-state index is -3.86. The third-order valence-electron chi connectivity index (χ3n) is 7.92. The van der Waals surface area contributed by atoms with Crippen molar-refractivity contribution in [3.05, 3.63) is 52.4 Å². The van der Waals surface area contributed by atoms with Crippen molar-refractivity contribution in [1.82, 2.24) is 19.8 Å². The molecule has 1 N–H and O–H groups in total. The van der Waals surface area contributed by atoms with Gasteiger partial charge in [-0.2, -0.15) is 0 Å². The number of nitrogens with one attached hydrogen (secondary N) is 1. The number of nitrogens with zero attached hydrogens (tertiary/aromatic N) is 5. The number of aromatic nitrogens is 2. The van der Waals surface area contributed by atoms with Crippen molar-refractivity contribution in [1.29, 1.82) is 0 Å². The van der Waals surface area contributed by atoms with Crippen LogP contribution in [0.4, 0.5) is 11.4 Å². The van der Waals surface area contributed by atoms with Gasteiger partial charge in [-0.05, 0) is 76.9 Å². The van der Waals surface area contributed by atoms with Crippen LogP contribution in [0, 0.1) is 26.7 Å². The van der Waals surface area contributed by atoms with Crippen molar-refractivity contribution >= 4 is 51.3 Å². The lowest BCUT2D eigenvalue weighted by molar-refractivity contribution is -0.138. The number of hydrogen-bond acceptors (Lipinski definition) is 8. The Morgan fingerprint density at radius 1 is 1.10 bits per heavy atom. The molecule has 2 amide bonds. The van der Waals surface area contributed by atoms with Crippen molar-refractivity contribution in [3.8, 4) is 11.1 Å². The van der Waals surface area contributed by atoms with Crippen LogP contribution in [0.5, 0.6) is 0 Å². The first-order chi connectivity index (χ1) is 19.5. The molecule has 0 spiro atoms. The van der Waals surface area contributed by atoms with Crippen LogP contribution in [0.1, 0.15) is 52.4 Å². The maximum Gasteiger partial charge on any atom is 0.273 e. The first kappa shape index (κ1) is 28.9. The van der Waals surface area contributed by atoms with E-state index in [4.69, 9.17) is 0 Å². The fourth-order valence-corrected chi connectivity index (χ4v) is 8.02. The zero-order valence-electron chi connectivity index (χ0n) is 23.7. The molecule has 1 saturated heterocycles. The Labute approximate surface area is 244 Å². The summed E-state index contributed by atoms with van der Waals surface area (Å²) in [5.74, 6) is -0.0347. The molecule has 10 nitrogen and oxygen atoms in total. The molecule has 2 aromatic heterocycles. The number of likely N-dealkylation sites (tertiary alicyclic amines) is 1. The van der Waals surface area contributed by atoms with Crippen molar-refractivity contribution in [3.63, 3.8) is 0 Å². The minimum Gasteiger partial charge on any atom is -0.342 e. The molecule has 3 heterocycles. The van der Waals surface area contributed by atoms with E-state index >= 15 is 0 Å². The van der Waals surface area contributed by atoms with Gasteiger partial charge in [0, 0.05) is 43.9 Å². The molecule has 0 radical (unpaired) electrons. The van der Waals surface area contributed by atoms with Gasteiger partial charge in [-0.3, -0.25) is 24.3 Å². The molecule has 2 aliphatic rings. The molecule has 0 unspecified atom stereocenters. The highest BCUT2D eigenvalue weighted by Crippen LogP contribution is 2.36. The summed E-state index contributed by atoms with van der Waals surface area (Å²) >= 11 is 1.11. The molecular weight excluding hydrogens is 560 g/mol. The molecule has 216 valence electrons. The van der Waals surface area contributed by atoms with Gasteiger partial charge in [0.2, 0.25) is 5.91 Å². The molecule has 1 saturated carbocycles. The average Bonchev–Trinajstić information content (AvgIpc) is 3.58. The molecular formula is C29H34N6O4S2. The molecule has 1 aromatic carbocycles. The van der Waals surface area contributed by atoms with Gasteiger partial charge in [-0.1, -0.05) is 6.07 Å². The third-order valence-corrected chi connectivity index (χ3v) is 11.0. The fraction of sp³-hybridized carbons (Fsp3) is 0.414. The van der Waals surface area contributed by atoms with Gasteiger partial charge in [0.25, 0.3) is 15.9 Å². The summed E-state index contributed by atoms with van der Waals surface area (Å²) in [5.41, 5.74) is 3.45. The Hall–Kier alpha value is -3.64. The van der Waals surface area contributed by atoms with E-state index in [0.29, 0.717) is 57.3 Å². The van der Waals surface area contributed by atoms with Crippen LogP contribution in [0.2, 0.25) is 0 Å². The molecule has 12 heteroatoms. The van der Waals surface area contributed by atoms with Gasteiger partial charge in [0.15, 0.2) is 4.21 Å². The first-order valence-corrected chi connectivity index (χ1v) is 15.9. The predicted molar refractivity (Wildman–Crippen MR) is 160 cm³/mol. The fourth-order valence-electron chi connectivity index (χ4n) is 5.43. The second-order valence-electron chi connectivity index (χ2n) is 10.7. The number of hydrogen-bond donors (Lipinski definition) is 1. The van der Waals surface area contributed by atoms with Gasteiger partial charge < -0.3 is 9.80 Å². The lowest BCUT2D eigenvalue weighted by Gasteiger charge is -2.41. The Kier molecular flexibility index (Phi) is 7.97. The van der Waals surface area contributed by atoms with Crippen LogP contribution < -0.4 is 4.72 Å². The molecule has 0 atom stereocenters. The number of anilines is 1. The van der Waals surface area contributed by atoms with Crippen molar-refractivity contribution in [2.45, 2.75) is 56.7 Å². The Bertz CT molecular complexity index is 1620. The normalized spacial score (nSPS) is 18.6. The van der Waals surface area contributed by atoms with E-state index in [1.165, 1.54) is 0 Å². The Morgan fingerprint density at radius 3 is 2.44 bits per heavy atom. The van der Waals surface area contributed by atoms with E-state index in [2.05, 4.69) is 26.4 Å². The molecule has 0 bridgehead atoms. The summed E-state index contributed by atoms with van der Waals surface area (Å²) < 4.78 is 29.0. The van der Waals surface area contributed by atoms with Crippen LogP contribution >= 0.6 is 11.3 Å². The molecule has 41 heavy (non-hydrogen) atoms. The monoisotopic (exact) mass is 594 g/mol. The van der Waals surface area contributed by atoms with Gasteiger partial charge in [0.05, 0.1) is 33.3 Å². The van der Waals surface area contributed by atoms with Gasteiger partial charge in [-0.15, -0.1) is 11.3 Å². The summed E-state index contributed by atoms with van der Waals surface area (Å²) in [5, 5.41) is 0.667. The lowest BCUT2D eigenvalue weighted by Crippen LogP contribution is -2.50. The number of carbonyl (C=O) groups excluding carboxylic acids is 2. The Morgan fingerprint density at radius 2 is 1.80 bits per heavy atom. The maximum atomic E-state index is 13.6. The van der Waals surface area contributed by atoms with Crippen molar-refractivity contribution < 1.29 is 18.0 Å². The van der Waals surface area contributed by atoms with E-state index in [1.54, 1.807) is 63.2 Å². The summed E-state index contributed by atoms with van der Waals surface area (Å²) in [6.07, 6.45) is 5.06. The first-order valence-electron chi connectivity index (χ1n) is 13.6. The second-order valence-corrected chi connectivity index (χ2v) is 13.8. The number of aryl methyl sites for hydroxylation is 3. The van der Waals surface area contributed by atoms with Gasteiger partial charge in [0.1, 0.15) is 0 Å². The van der Waals surface area contributed by atoms with E-state index in [1.807, 2.05) is 4.90 Å². The summed E-state index contributed by atoms with van der Waals surface area (Å²) in [4.78, 5) is 42.7. The number of sulfonamides is 1. The number of carbonyl (C=O) groups is 2. The van der Waals surface area contributed by atoms with Gasteiger partial charge >= 0.3 is 0 Å². The second kappa shape index (κ2) is 11.3. The number of benzene rings is 1. The number of amides is 2. The van der Waals surface area contributed by atoms with Crippen LogP contribution in [0.3, 0.4) is 0 Å². The van der Waals surface area contributed by atoms with Crippen LogP contribution in [0.25, 0.3) is 11.1 Å². The molecule has 3 aromatic rings. The van der Waals surface area contributed by atoms with E-state index in [0.717, 1.165) is 37.3 Å². The smallest absolute Gasteiger partial charge is 0.273 e. The SMILES string of the molecule is C=Nc1ccc(-c2cnc(C)c(NS(=O)(=O)c3sc(C)nc3C)c2)cc1C(=O)N(C)C1CC(C(=O)N2CCCC2)C1. The Balaban J connectivity index is 1.36. The predicted octanol–water partition coefficient (Wildman–Crippen LogP) is 4.74. The van der Waals surface area contributed by atoms with Gasteiger partial charge in [-0.25, -0.2) is 13.4 Å². The third kappa shape index (κ3) is 5.76. The zero-order valence-corrected chi connectivity index (χ0v) is 25.3. The largest absolute Gasteiger partial charge is 0.342 e. The van der Waals surface area contributed by atoms with E-state index in [9.17, 15) is 18.0 Å². The quantitative estimate of drug-likeness (QED) is 0.376. The minimum absolute atomic E-state index is 0.0266. The highest BCUT2D eigenvalue weighted by atomic mass is 32.2. The topological polar surface area (TPSA) is 125 Å². The molecule has 5 rings (SSSR count). The standard InChI is InChI=1S/C29H34N6O4S2/c1-17-26(33-41(38,39)29-18(2)32-19(3)40-29)15-22(16-31-17)20-8-9-25(30-4)24(14-20)28(37)34(5)23-12-21(13-23)27(36)35-10-6-7-11-35/h8-9,14-16,21,23,33H,4,6-7,10-13H2,1-3,5H3. The number of thiazole rings is 1. The molecule has 2 fully saturated rings. The number of pyridine rings is 1. The molecule has 1 aliphatic carbocycles. The number of aliphatic imine (C=N–C) groups is 1. The summed E-state index contributed by atoms with van der Waals surface area (Å²) in [6.45, 7) is 10.4. The lowest BCUT2D eigenvalue weighted by atomic mass is 9.78. The van der Waals surface area contributed by atoms with Crippen molar-refractivity contribution in [2.75, 3.05) is 24.9 Å². The summed E-state index contributed by atoms with van der Waals surface area (Å²) in [7, 11) is -2.10. The van der Waals surface area contributed by atoms with Crippen LogP contribution in [-0.2, 0) is 14.8 Å².